The summed E-state index contributed by atoms with van der Waals surface area (Å²) < 4.78 is 26.3. The van der Waals surface area contributed by atoms with E-state index in [1.165, 1.54) is 13.0 Å². The van der Waals surface area contributed by atoms with Gasteiger partial charge in [-0.2, -0.15) is 0 Å². The molecule has 0 aliphatic heterocycles. The molecular weight excluding hydrogens is 230 g/mol. The minimum absolute atomic E-state index is 0.340. The fraction of sp³-hybridized carbons (Fsp3) is 0.182. The van der Waals surface area contributed by atoms with Crippen LogP contribution in [0.5, 0.6) is 0 Å². The summed E-state index contributed by atoms with van der Waals surface area (Å²) in [5.41, 5.74) is -0.944. The largest absolute Gasteiger partial charge is 0.510 e. The molecule has 0 radical (unpaired) electrons. The maximum atomic E-state index is 13.1. The Kier molecular flexibility index (Phi) is 4.03. The first kappa shape index (κ1) is 13.0. The lowest BCUT2D eigenvalue weighted by Gasteiger charge is -1.99. The fourth-order valence-electron chi connectivity index (χ4n) is 1.08. The van der Waals surface area contributed by atoms with Crippen molar-refractivity contribution in [3.8, 4) is 0 Å². The number of hydrogen-bond donors (Lipinski definition) is 1. The number of aliphatic hydroxyl groups is 1. The van der Waals surface area contributed by atoms with Crippen molar-refractivity contribution in [2.24, 2.45) is 10.2 Å². The van der Waals surface area contributed by atoms with Crippen LogP contribution < -0.4 is 0 Å². The van der Waals surface area contributed by atoms with Gasteiger partial charge in [0.15, 0.2) is 28.8 Å². The highest BCUT2D eigenvalue weighted by molar-refractivity contribution is 5.93. The molecule has 6 heteroatoms. The van der Waals surface area contributed by atoms with Crippen LogP contribution in [0.25, 0.3) is 0 Å². The van der Waals surface area contributed by atoms with Crippen molar-refractivity contribution in [1.82, 2.24) is 0 Å². The molecule has 0 saturated heterocycles. The van der Waals surface area contributed by atoms with E-state index in [0.717, 1.165) is 19.1 Å². The monoisotopic (exact) mass is 240 g/mol. The van der Waals surface area contributed by atoms with E-state index in [2.05, 4.69) is 10.2 Å². The number of halogens is 2. The zero-order chi connectivity index (χ0) is 13.0. The number of ketones is 1. The van der Waals surface area contributed by atoms with E-state index >= 15 is 0 Å². The second-order valence-electron chi connectivity index (χ2n) is 3.26. The molecule has 0 fully saturated rings. The number of Topliss-reactive ketones (excluding diaryl/α,β-unsaturated/α-hetero) is 1. The van der Waals surface area contributed by atoms with Gasteiger partial charge in [0.2, 0.25) is 0 Å². The molecule has 0 heterocycles. The predicted octanol–water partition coefficient (Wildman–Crippen LogP) is 3.43. The normalized spacial score (nSPS) is 12.7. The molecule has 0 unspecified atom stereocenters. The maximum Gasteiger partial charge on any atom is 0.183 e. The third kappa shape index (κ3) is 3.17. The standard InChI is InChI=1S/C11H10F2N2O2/c1-6(16)10(7(2)17)14-15-11-8(12)4-3-5-9(11)13/h3-5,16H,1-2H3/b10-6+,15-14?. The number of allylic oxidation sites excluding steroid dienone is 2. The lowest BCUT2D eigenvalue weighted by molar-refractivity contribution is -0.113. The molecule has 0 amide bonds. The number of carbonyl (C=O) groups excluding carboxylic acids is 1. The van der Waals surface area contributed by atoms with Gasteiger partial charge >= 0.3 is 0 Å². The molecule has 0 atom stereocenters. The third-order valence-electron chi connectivity index (χ3n) is 1.86. The van der Waals surface area contributed by atoms with E-state index in [1.54, 1.807) is 0 Å². The van der Waals surface area contributed by atoms with Crippen molar-refractivity contribution >= 4 is 11.5 Å². The second-order valence-corrected chi connectivity index (χ2v) is 3.26. The Bertz CT molecular complexity index is 486. The molecule has 17 heavy (non-hydrogen) atoms. The number of carbonyl (C=O) groups is 1. The highest BCUT2D eigenvalue weighted by atomic mass is 19.1. The topological polar surface area (TPSA) is 62.0 Å². The first-order chi connectivity index (χ1) is 7.93. The Labute approximate surface area is 96.3 Å². The number of rotatable bonds is 3. The van der Waals surface area contributed by atoms with Crippen molar-refractivity contribution in [3.05, 3.63) is 41.3 Å². The van der Waals surface area contributed by atoms with Crippen molar-refractivity contribution in [2.45, 2.75) is 13.8 Å². The number of nitrogens with zero attached hydrogens (tertiary/aromatic N) is 2. The summed E-state index contributed by atoms with van der Waals surface area (Å²) in [5, 5.41) is 15.7. The number of hydrogen-bond acceptors (Lipinski definition) is 4. The average Bonchev–Trinajstić information content (AvgIpc) is 2.21. The molecule has 4 nitrogen and oxygen atoms in total. The van der Waals surface area contributed by atoms with Crippen LogP contribution in [0, 0.1) is 11.6 Å². The van der Waals surface area contributed by atoms with Crippen LogP contribution >= 0.6 is 0 Å². The van der Waals surface area contributed by atoms with Crippen LogP contribution in [0.2, 0.25) is 0 Å². The Hall–Kier alpha value is -2.11. The average molecular weight is 240 g/mol. The summed E-state index contributed by atoms with van der Waals surface area (Å²) in [6.07, 6.45) is 0. The maximum absolute atomic E-state index is 13.1. The minimum Gasteiger partial charge on any atom is -0.510 e. The smallest absolute Gasteiger partial charge is 0.183 e. The molecule has 90 valence electrons. The lowest BCUT2D eigenvalue weighted by Crippen LogP contribution is -1.96. The molecule has 0 saturated carbocycles. The van der Waals surface area contributed by atoms with Gasteiger partial charge in [0.05, 0.1) is 0 Å². The summed E-state index contributed by atoms with van der Waals surface area (Å²) in [6, 6.07) is 3.21. The number of aliphatic hydroxyl groups excluding tert-OH is 1. The SMILES string of the molecule is CC(=O)/C(N=Nc1c(F)cccc1F)=C(/C)O. The van der Waals surface area contributed by atoms with Crippen LogP contribution in [-0.4, -0.2) is 10.9 Å². The third-order valence-corrected chi connectivity index (χ3v) is 1.86. The Morgan fingerprint density at radius 3 is 2.18 bits per heavy atom. The molecule has 0 aliphatic carbocycles. The van der Waals surface area contributed by atoms with Crippen molar-refractivity contribution in [1.29, 1.82) is 0 Å². The van der Waals surface area contributed by atoms with E-state index in [0.29, 0.717) is 0 Å². The van der Waals surface area contributed by atoms with Gasteiger partial charge in [-0.3, -0.25) is 4.79 Å². The zero-order valence-corrected chi connectivity index (χ0v) is 9.24. The highest BCUT2D eigenvalue weighted by Crippen LogP contribution is 2.23. The molecular formula is C11H10F2N2O2. The first-order valence-corrected chi connectivity index (χ1v) is 4.70. The molecule has 1 rings (SSSR count). The van der Waals surface area contributed by atoms with E-state index in [1.807, 2.05) is 0 Å². The first-order valence-electron chi connectivity index (χ1n) is 4.70. The summed E-state index contributed by atoms with van der Waals surface area (Å²) in [6.45, 7) is 2.39. The van der Waals surface area contributed by atoms with E-state index in [9.17, 15) is 13.6 Å². The van der Waals surface area contributed by atoms with Crippen LogP contribution in [0.15, 0.2) is 39.9 Å². The second kappa shape index (κ2) is 5.29. The minimum atomic E-state index is -0.896. The van der Waals surface area contributed by atoms with Gasteiger partial charge in [0, 0.05) is 6.92 Å². The molecule has 1 N–H and O–H groups in total. The van der Waals surface area contributed by atoms with Crippen LogP contribution in [0.3, 0.4) is 0 Å². The van der Waals surface area contributed by atoms with Gasteiger partial charge < -0.3 is 5.11 Å². The van der Waals surface area contributed by atoms with Gasteiger partial charge in [-0.05, 0) is 19.1 Å². The van der Waals surface area contributed by atoms with Crippen molar-refractivity contribution in [2.75, 3.05) is 0 Å². The van der Waals surface area contributed by atoms with Crippen LogP contribution in [0.4, 0.5) is 14.5 Å². The van der Waals surface area contributed by atoms with Gasteiger partial charge in [-0.25, -0.2) is 8.78 Å². The Morgan fingerprint density at radius 1 is 1.24 bits per heavy atom. The van der Waals surface area contributed by atoms with E-state index in [-0.39, 0.29) is 11.5 Å². The molecule has 0 bridgehead atoms. The quantitative estimate of drug-likeness (QED) is 0.499. The van der Waals surface area contributed by atoms with Crippen LogP contribution in [0.1, 0.15) is 13.8 Å². The fourth-order valence-corrected chi connectivity index (χ4v) is 1.08. The molecule has 1 aromatic carbocycles. The van der Waals surface area contributed by atoms with Gasteiger partial charge in [-0.1, -0.05) is 6.07 Å². The van der Waals surface area contributed by atoms with E-state index in [4.69, 9.17) is 5.11 Å². The zero-order valence-electron chi connectivity index (χ0n) is 9.24. The number of benzene rings is 1. The Morgan fingerprint density at radius 2 is 1.76 bits per heavy atom. The lowest BCUT2D eigenvalue weighted by atomic mass is 10.3. The summed E-state index contributed by atoms with van der Waals surface area (Å²) in [5.74, 6) is -2.71. The highest BCUT2D eigenvalue weighted by Gasteiger charge is 2.10. The molecule has 1 aromatic rings. The van der Waals surface area contributed by atoms with Crippen molar-refractivity contribution < 1.29 is 18.7 Å². The van der Waals surface area contributed by atoms with Gasteiger partial charge in [-0.15, -0.1) is 10.2 Å². The molecule has 0 aliphatic rings. The van der Waals surface area contributed by atoms with Crippen molar-refractivity contribution in [3.63, 3.8) is 0 Å². The summed E-state index contributed by atoms with van der Waals surface area (Å²) in [4.78, 5) is 11.0. The summed E-state index contributed by atoms with van der Waals surface area (Å²) in [7, 11) is 0. The van der Waals surface area contributed by atoms with Gasteiger partial charge in [0.1, 0.15) is 5.76 Å². The molecule has 0 aromatic heterocycles. The number of azo groups is 1. The predicted molar refractivity (Wildman–Crippen MR) is 56.9 cm³/mol. The summed E-state index contributed by atoms with van der Waals surface area (Å²) >= 11 is 0. The van der Waals surface area contributed by atoms with E-state index < -0.39 is 23.1 Å². The van der Waals surface area contributed by atoms with Crippen LogP contribution in [-0.2, 0) is 4.79 Å². The van der Waals surface area contributed by atoms with Gasteiger partial charge in [0.25, 0.3) is 0 Å². The Balaban J connectivity index is 3.14. The molecule has 0 spiro atoms.